The van der Waals surface area contributed by atoms with Crippen LogP contribution < -0.4 is 10.1 Å². The number of carbonyl (C=O) groups excluding carboxylic acids is 1. The summed E-state index contributed by atoms with van der Waals surface area (Å²) in [6, 6.07) is 3.64. The van der Waals surface area contributed by atoms with Crippen LogP contribution in [0.1, 0.15) is 23.2 Å². The van der Waals surface area contributed by atoms with Crippen LogP contribution in [-0.2, 0) is 0 Å². The molecular formula is C14H18Cl2N2O2. The summed E-state index contributed by atoms with van der Waals surface area (Å²) in [6.07, 6.45) is 1.90. The Kier molecular flexibility index (Phi) is 5.13. The first-order valence-electron chi connectivity index (χ1n) is 6.56. The highest BCUT2D eigenvalue weighted by molar-refractivity contribution is 6.42. The van der Waals surface area contributed by atoms with E-state index in [1.807, 2.05) is 11.9 Å². The highest BCUT2D eigenvalue weighted by atomic mass is 35.5. The molecule has 1 fully saturated rings. The summed E-state index contributed by atoms with van der Waals surface area (Å²) < 4.78 is 5.23. The average molecular weight is 317 g/mol. The molecule has 1 aromatic carbocycles. The standard InChI is InChI=1S/C14H18Cl2N2O2/c1-17-9-3-5-18(6-4-9)14(19)10-7-11(15)12(16)8-13(10)20-2/h7-9,17H,3-6H2,1-2H3. The highest BCUT2D eigenvalue weighted by Crippen LogP contribution is 2.31. The number of hydrogen-bond donors (Lipinski definition) is 1. The van der Waals surface area contributed by atoms with Crippen molar-refractivity contribution in [1.82, 2.24) is 10.2 Å². The lowest BCUT2D eigenvalue weighted by atomic mass is 10.0. The second-order valence-corrected chi connectivity index (χ2v) is 5.64. The summed E-state index contributed by atoms with van der Waals surface area (Å²) in [6.45, 7) is 1.46. The molecule has 1 aromatic rings. The molecule has 0 aromatic heterocycles. The van der Waals surface area contributed by atoms with Gasteiger partial charge in [-0.15, -0.1) is 0 Å². The average Bonchev–Trinajstić information content (AvgIpc) is 2.49. The van der Waals surface area contributed by atoms with Gasteiger partial charge >= 0.3 is 0 Å². The summed E-state index contributed by atoms with van der Waals surface area (Å²) in [5, 5.41) is 3.99. The number of nitrogens with zero attached hydrogens (tertiary/aromatic N) is 1. The number of ether oxygens (including phenoxy) is 1. The predicted molar refractivity (Wildman–Crippen MR) is 81.0 cm³/mol. The van der Waals surface area contributed by atoms with Gasteiger partial charge in [0.25, 0.3) is 5.91 Å². The molecule has 1 heterocycles. The van der Waals surface area contributed by atoms with Gasteiger partial charge in [-0.05, 0) is 26.0 Å². The molecule has 0 spiro atoms. The highest BCUT2D eigenvalue weighted by Gasteiger charge is 2.25. The molecule has 0 aliphatic carbocycles. The number of carbonyl (C=O) groups is 1. The molecule has 110 valence electrons. The van der Waals surface area contributed by atoms with Crippen molar-refractivity contribution in [2.45, 2.75) is 18.9 Å². The maximum Gasteiger partial charge on any atom is 0.257 e. The first kappa shape index (κ1) is 15.4. The first-order valence-corrected chi connectivity index (χ1v) is 7.32. The van der Waals surface area contributed by atoms with Crippen LogP contribution in [0.5, 0.6) is 5.75 Å². The molecule has 2 rings (SSSR count). The fourth-order valence-electron chi connectivity index (χ4n) is 2.41. The summed E-state index contributed by atoms with van der Waals surface area (Å²) in [5.41, 5.74) is 0.463. The molecule has 1 N–H and O–H groups in total. The van der Waals surface area contributed by atoms with Crippen LogP contribution in [0.15, 0.2) is 12.1 Å². The van der Waals surface area contributed by atoms with E-state index < -0.39 is 0 Å². The van der Waals surface area contributed by atoms with E-state index in [9.17, 15) is 4.79 Å². The smallest absolute Gasteiger partial charge is 0.257 e. The van der Waals surface area contributed by atoms with E-state index in [0.29, 0.717) is 27.4 Å². The van der Waals surface area contributed by atoms with Gasteiger partial charge < -0.3 is 15.0 Å². The summed E-state index contributed by atoms with van der Waals surface area (Å²) >= 11 is 12.0. The second-order valence-electron chi connectivity index (χ2n) is 4.82. The van der Waals surface area contributed by atoms with E-state index in [0.717, 1.165) is 25.9 Å². The molecule has 1 aliphatic heterocycles. The molecule has 1 amide bonds. The summed E-state index contributed by atoms with van der Waals surface area (Å²) in [7, 11) is 3.47. The van der Waals surface area contributed by atoms with Crippen molar-refractivity contribution in [3.63, 3.8) is 0 Å². The van der Waals surface area contributed by atoms with Crippen molar-refractivity contribution < 1.29 is 9.53 Å². The number of nitrogens with one attached hydrogen (secondary N) is 1. The van der Waals surface area contributed by atoms with Crippen molar-refractivity contribution in [3.8, 4) is 5.75 Å². The fraction of sp³-hybridized carbons (Fsp3) is 0.500. The number of hydrogen-bond acceptors (Lipinski definition) is 3. The topological polar surface area (TPSA) is 41.6 Å². The number of piperidine rings is 1. The van der Waals surface area contributed by atoms with E-state index in [1.54, 1.807) is 12.1 Å². The lowest BCUT2D eigenvalue weighted by Crippen LogP contribution is -2.44. The van der Waals surface area contributed by atoms with Crippen LogP contribution in [0.4, 0.5) is 0 Å². The molecule has 1 aliphatic rings. The zero-order chi connectivity index (χ0) is 14.7. The van der Waals surface area contributed by atoms with Crippen LogP contribution in [0.25, 0.3) is 0 Å². The number of methoxy groups -OCH3 is 1. The van der Waals surface area contributed by atoms with Gasteiger partial charge in [-0.25, -0.2) is 0 Å². The van der Waals surface area contributed by atoms with Crippen molar-refractivity contribution in [2.24, 2.45) is 0 Å². The Morgan fingerprint density at radius 1 is 1.30 bits per heavy atom. The molecule has 20 heavy (non-hydrogen) atoms. The van der Waals surface area contributed by atoms with Crippen LogP contribution in [0.3, 0.4) is 0 Å². The molecule has 0 saturated carbocycles. The monoisotopic (exact) mass is 316 g/mol. The molecular weight excluding hydrogens is 299 g/mol. The molecule has 0 radical (unpaired) electrons. The third-order valence-corrected chi connectivity index (χ3v) is 4.39. The molecule has 4 nitrogen and oxygen atoms in total. The van der Waals surface area contributed by atoms with Crippen molar-refractivity contribution in [2.75, 3.05) is 27.2 Å². The number of rotatable bonds is 3. The van der Waals surface area contributed by atoms with Gasteiger partial charge in [-0.2, -0.15) is 0 Å². The van der Waals surface area contributed by atoms with Crippen molar-refractivity contribution >= 4 is 29.1 Å². The molecule has 1 saturated heterocycles. The number of amides is 1. The Labute approximate surface area is 129 Å². The van der Waals surface area contributed by atoms with Gasteiger partial charge in [0, 0.05) is 25.2 Å². The number of likely N-dealkylation sites (tertiary alicyclic amines) is 1. The minimum absolute atomic E-state index is 0.0602. The van der Waals surface area contributed by atoms with E-state index >= 15 is 0 Å². The fourth-order valence-corrected chi connectivity index (χ4v) is 2.72. The minimum Gasteiger partial charge on any atom is -0.496 e. The first-order chi connectivity index (χ1) is 9.56. The Bertz CT molecular complexity index is 500. The SMILES string of the molecule is CNC1CCN(C(=O)c2cc(Cl)c(Cl)cc2OC)CC1. The summed E-state index contributed by atoms with van der Waals surface area (Å²) in [5.74, 6) is 0.398. The van der Waals surface area contributed by atoms with Crippen LogP contribution in [-0.4, -0.2) is 44.1 Å². The zero-order valence-corrected chi connectivity index (χ0v) is 13.1. The van der Waals surface area contributed by atoms with Gasteiger partial charge in [-0.1, -0.05) is 23.2 Å². The third kappa shape index (κ3) is 3.19. The second kappa shape index (κ2) is 6.66. The zero-order valence-electron chi connectivity index (χ0n) is 11.6. The third-order valence-electron chi connectivity index (χ3n) is 3.66. The lowest BCUT2D eigenvalue weighted by Gasteiger charge is -2.32. The van der Waals surface area contributed by atoms with Gasteiger partial charge in [-0.3, -0.25) is 4.79 Å². The van der Waals surface area contributed by atoms with E-state index in [2.05, 4.69) is 5.32 Å². The van der Waals surface area contributed by atoms with E-state index in [-0.39, 0.29) is 5.91 Å². The Balaban J connectivity index is 2.19. The Hall–Kier alpha value is -0.970. The number of benzene rings is 1. The molecule has 0 unspecified atom stereocenters. The van der Waals surface area contributed by atoms with Gasteiger partial charge in [0.2, 0.25) is 0 Å². The van der Waals surface area contributed by atoms with Crippen LogP contribution in [0.2, 0.25) is 10.0 Å². The molecule has 6 heteroatoms. The Morgan fingerprint density at radius 2 is 1.90 bits per heavy atom. The van der Waals surface area contributed by atoms with Gasteiger partial charge in [0.05, 0.1) is 22.7 Å². The Morgan fingerprint density at radius 3 is 2.45 bits per heavy atom. The maximum atomic E-state index is 12.6. The van der Waals surface area contributed by atoms with Crippen molar-refractivity contribution in [3.05, 3.63) is 27.7 Å². The van der Waals surface area contributed by atoms with Crippen LogP contribution in [0, 0.1) is 0 Å². The largest absolute Gasteiger partial charge is 0.496 e. The minimum atomic E-state index is -0.0602. The quantitative estimate of drug-likeness (QED) is 0.932. The van der Waals surface area contributed by atoms with Crippen LogP contribution >= 0.6 is 23.2 Å². The van der Waals surface area contributed by atoms with Gasteiger partial charge in [0.1, 0.15) is 5.75 Å². The van der Waals surface area contributed by atoms with Crippen molar-refractivity contribution in [1.29, 1.82) is 0 Å². The molecule has 0 atom stereocenters. The summed E-state index contributed by atoms with van der Waals surface area (Å²) in [4.78, 5) is 14.4. The maximum absolute atomic E-state index is 12.6. The van der Waals surface area contributed by atoms with E-state index in [1.165, 1.54) is 7.11 Å². The molecule has 0 bridgehead atoms. The van der Waals surface area contributed by atoms with E-state index in [4.69, 9.17) is 27.9 Å². The lowest BCUT2D eigenvalue weighted by molar-refractivity contribution is 0.0704. The predicted octanol–water partition coefficient (Wildman–Crippen LogP) is 2.83. The van der Waals surface area contributed by atoms with Gasteiger partial charge in [0.15, 0.2) is 0 Å². The number of halogens is 2. The normalized spacial score (nSPS) is 16.3.